The van der Waals surface area contributed by atoms with Gasteiger partial charge in [-0.05, 0) is 51.6 Å². The molecule has 0 amide bonds. The van der Waals surface area contributed by atoms with Gasteiger partial charge in [-0.2, -0.15) is 0 Å². The second-order valence-corrected chi connectivity index (χ2v) is 8.89. The second-order valence-electron chi connectivity index (χ2n) is 6.57. The number of hydrogen-bond donors (Lipinski definition) is 1. The van der Waals surface area contributed by atoms with Crippen LogP contribution >= 0.6 is 0 Å². The summed E-state index contributed by atoms with van der Waals surface area (Å²) in [6.45, 7) is 4.23. The van der Waals surface area contributed by atoms with Gasteiger partial charge in [-0.1, -0.05) is 35.7 Å². The van der Waals surface area contributed by atoms with Crippen molar-refractivity contribution in [3.05, 3.63) is 34.9 Å². The summed E-state index contributed by atoms with van der Waals surface area (Å²) < 4.78 is 23.7. The van der Waals surface area contributed by atoms with Crippen molar-refractivity contribution in [1.82, 2.24) is 5.32 Å². The third-order valence-corrected chi connectivity index (χ3v) is 6.30. The van der Waals surface area contributed by atoms with Gasteiger partial charge in [-0.25, -0.2) is 8.42 Å². The Morgan fingerprint density at radius 3 is 2.29 bits per heavy atom. The number of hydrogen-bond acceptors (Lipinski definition) is 3. The van der Waals surface area contributed by atoms with Crippen LogP contribution in [-0.2, 0) is 9.84 Å². The predicted molar refractivity (Wildman–Crippen MR) is 88.3 cm³/mol. The molecule has 0 bridgehead atoms. The summed E-state index contributed by atoms with van der Waals surface area (Å²) in [6.07, 6.45) is 5.08. The Morgan fingerprint density at radius 1 is 1.14 bits per heavy atom. The van der Waals surface area contributed by atoms with E-state index in [4.69, 9.17) is 0 Å². The van der Waals surface area contributed by atoms with Crippen LogP contribution in [0.15, 0.2) is 18.2 Å². The van der Waals surface area contributed by atoms with Crippen LogP contribution < -0.4 is 5.32 Å². The second kappa shape index (κ2) is 6.49. The lowest BCUT2D eigenvalue weighted by molar-refractivity contribution is 0.282. The molecule has 1 saturated carbocycles. The minimum absolute atomic E-state index is 0.169. The van der Waals surface area contributed by atoms with E-state index in [1.807, 2.05) is 7.05 Å². The van der Waals surface area contributed by atoms with Gasteiger partial charge in [-0.3, -0.25) is 0 Å². The Bertz CT molecular complexity index is 575. The van der Waals surface area contributed by atoms with Gasteiger partial charge >= 0.3 is 0 Å². The molecule has 1 aliphatic rings. The molecule has 0 radical (unpaired) electrons. The summed E-state index contributed by atoms with van der Waals surface area (Å²) in [6, 6.07) is 6.86. The molecule has 3 unspecified atom stereocenters. The fraction of sp³-hybridized carbons (Fsp3) is 0.647. The summed E-state index contributed by atoms with van der Waals surface area (Å²) in [5.74, 6) is 0.393. The number of benzene rings is 1. The molecule has 0 heterocycles. The lowest BCUT2D eigenvalue weighted by atomic mass is 9.80. The standard InChI is InChI=1S/C17H27NO2S/c1-12-8-13(2)10-15(9-12)17(18-3)14-6-5-7-16(11-14)21(4,19)20/h8-10,14,16-18H,5-7,11H2,1-4H3. The van der Waals surface area contributed by atoms with Gasteiger partial charge < -0.3 is 5.32 Å². The fourth-order valence-electron chi connectivity index (χ4n) is 3.74. The van der Waals surface area contributed by atoms with Gasteiger partial charge in [0.2, 0.25) is 0 Å². The number of nitrogens with one attached hydrogen (secondary N) is 1. The molecule has 0 aliphatic heterocycles. The monoisotopic (exact) mass is 309 g/mol. The summed E-state index contributed by atoms with van der Waals surface area (Å²) in [4.78, 5) is 0. The van der Waals surface area contributed by atoms with Gasteiger partial charge in [0.15, 0.2) is 0 Å². The largest absolute Gasteiger partial charge is 0.313 e. The molecule has 0 saturated heterocycles. The molecule has 118 valence electrons. The zero-order valence-corrected chi connectivity index (χ0v) is 14.3. The molecule has 1 aromatic carbocycles. The van der Waals surface area contributed by atoms with Gasteiger partial charge in [0.1, 0.15) is 9.84 Å². The maximum atomic E-state index is 11.9. The first-order valence-electron chi connectivity index (χ1n) is 7.75. The van der Waals surface area contributed by atoms with E-state index in [0.29, 0.717) is 5.92 Å². The number of aryl methyl sites for hydroxylation is 2. The lowest BCUT2D eigenvalue weighted by Crippen LogP contribution is -2.34. The van der Waals surface area contributed by atoms with E-state index in [9.17, 15) is 8.42 Å². The summed E-state index contributed by atoms with van der Waals surface area (Å²) in [5, 5.41) is 3.25. The summed E-state index contributed by atoms with van der Waals surface area (Å²) in [5.41, 5.74) is 3.82. The molecule has 1 aromatic rings. The number of rotatable bonds is 4. The zero-order valence-electron chi connectivity index (χ0n) is 13.5. The quantitative estimate of drug-likeness (QED) is 0.929. The minimum Gasteiger partial charge on any atom is -0.313 e. The van der Waals surface area contributed by atoms with E-state index in [0.717, 1.165) is 25.7 Å². The maximum Gasteiger partial charge on any atom is 0.150 e. The van der Waals surface area contributed by atoms with Crippen LogP contribution in [0.4, 0.5) is 0 Å². The van der Waals surface area contributed by atoms with Crippen molar-refractivity contribution >= 4 is 9.84 Å². The first-order chi connectivity index (χ1) is 9.81. The molecular formula is C17H27NO2S. The van der Waals surface area contributed by atoms with Gasteiger partial charge in [-0.15, -0.1) is 0 Å². The highest BCUT2D eigenvalue weighted by Crippen LogP contribution is 2.37. The van der Waals surface area contributed by atoms with E-state index in [-0.39, 0.29) is 11.3 Å². The molecule has 0 spiro atoms. The first kappa shape index (κ1) is 16.5. The smallest absolute Gasteiger partial charge is 0.150 e. The van der Waals surface area contributed by atoms with Crippen molar-refractivity contribution < 1.29 is 8.42 Å². The van der Waals surface area contributed by atoms with E-state index < -0.39 is 9.84 Å². The Morgan fingerprint density at radius 2 is 1.76 bits per heavy atom. The van der Waals surface area contributed by atoms with E-state index in [1.165, 1.54) is 22.9 Å². The Balaban J connectivity index is 2.24. The Kier molecular flexibility index (Phi) is 5.10. The third kappa shape index (κ3) is 4.07. The van der Waals surface area contributed by atoms with E-state index in [1.54, 1.807) is 0 Å². The highest BCUT2D eigenvalue weighted by molar-refractivity contribution is 7.91. The number of sulfone groups is 1. The molecule has 3 atom stereocenters. The highest BCUT2D eigenvalue weighted by atomic mass is 32.2. The molecule has 1 aliphatic carbocycles. The van der Waals surface area contributed by atoms with Crippen molar-refractivity contribution in [2.24, 2.45) is 5.92 Å². The van der Waals surface area contributed by atoms with Gasteiger partial charge in [0.25, 0.3) is 0 Å². The molecule has 3 nitrogen and oxygen atoms in total. The minimum atomic E-state index is -2.93. The van der Waals surface area contributed by atoms with Crippen LogP contribution in [0, 0.1) is 19.8 Å². The molecular weight excluding hydrogens is 282 g/mol. The molecule has 2 rings (SSSR count). The molecule has 0 aromatic heterocycles. The van der Waals surface area contributed by atoms with Crippen LogP contribution in [0.5, 0.6) is 0 Å². The van der Waals surface area contributed by atoms with Gasteiger partial charge in [0.05, 0.1) is 5.25 Å². The highest BCUT2D eigenvalue weighted by Gasteiger charge is 2.33. The van der Waals surface area contributed by atoms with E-state index >= 15 is 0 Å². The van der Waals surface area contributed by atoms with Crippen LogP contribution in [0.3, 0.4) is 0 Å². The van der Waals surface area contributed by atoms with Gasteiger partial charge in [0, 0.05) is 12.3 Å². The van der Waals surface area contributed by atoms with Crippen molar-refractivity contribution in [2.75, 3.05) is 13.3 Å². The Hall–Kier alpha value is -0.870. The first-order valence-corrected chi connectivity index (χ1v) is 9.71. The van der Waals surface area contributed by atoms with Crippen molar-refractivity contribution in [2.45, 2.75) is 50.8 Å². The summed E-state index contributed by atoms with van der Waals surface area (Å²) in [7, 11) is -0.948. The fourth-order valence-corrected chi connectivity index (χ4v) is 4.93. The van der Waals surface area contributed by atoms with Crippen LogP contribution in [0.1, 0.15) is 48.4 Å². The van der Waals surface area contributed by atoms with Crippen LogP contribution in [0.25, 0.3) is 0 Å². The Labute approximate surface area is 129 Å². The molecule has 1 N–H and O–H groups in total. The SMILES string of the molecule is CNC(c1cc(C)cc(C)c1)C1CCCC(S(C)(=O)=O)C1. The van der Waals surface area contributed by atoms with Crippen LogP contribution in [0.2, 0.25) is 0 Å². The molecule has 21 heavy (non-hydrogen) atoms. The zero-order chi connectivity index (χ0) is 15.6. The van der Waals surface area contributed by atoms with E-state index in [2.05, 4.69) is 37.4 Å². The lowest BCUT2D eigenvalue weighted by Gasteiger charge is -2.34. The summed E-state index contributed by atoms with van der Waals surface area (Å²) >= 11 is 0. The van der Waals surface area contributed by atoms with Crippen molar-refractivity contribution in [3.63, 3.8) is 0 Å². The average Bonchev–Trinajstić information content (AvgIpc) is 2.38. The topological polar surface area (TPSA) is 46.2 Å². The average molecular weight is 309 g/mol. The van der Waals surface area contributed by atoms with Crippen molar-refractivity contribution in [3.8, 4) is 0 Å². The van der Waals surface area contributed by atoms with Crippen LogP contribution in [-0.4, -0.2) is 27.0 Å². The predicted octanol–water partition coefficient (Wildman–Crippen LogP) is 3.17. The third-order valence-electron chi connectivity index (χ3n) is 4.66. The van der Waals surface area contributed by atoms with Crippen molar-refractivity contribution in [1.29, 1.82) is 0 Å². The normalized spacial score (nSPS) is 24.8. The molecule has 4 heteroatoms. The maximum absolute atomic E-state index is 11.9. The molecule has 1 fully saturated rings.